The second-order valence-corrected chi connectivity index (χ2v) is 9.67. The van der Waals surface area contributed by atoms with Crippen LogP contribution in [0.2, 0.25) is 0 Å². The van der Waals surface area contributed by atoms with E-state index in [1.165, 1.54) is 12.1 Å². The van der Waals surface area contributed by atoms with Crippen LogP contribution in [0.15, 0.2) is 47.4 Å². The maximum atomic E-state index is 12.7. The van der Waals surface area contributed by atoms with E-state index in [1.54, 1.807) is 45.9 Å². The molecule has 0 aliphatic rings. The minimum absolute atomic E-state index is 0.0234. The Bertz CT molecular complexity index is 996. The Labute approximate surface area is 171 Å². The number of hydrogen-bond acceptors (Lipinski definition) is 5. The fraction of sp³-hybridized carbons (Fsp3) is 0.429. The second kappa shape index (κ2) is 8.82. The lowest BCUT2D eigenvalue weighted by molar-refractivity contribution is -0.122. The lowest BCUT2D eigenvalue weighted by atomic mass is 9.99. The number of carbonyl (C=O) groups is 2. The van der Waals surface area contributed by atoms with E-state index < -0.39 is 33.7 Å². The van der Waals surface area contributed by atoms with Crippen LogP contribution in [0.1, 0.15) is 41.0 Å². The van der Waals surface area contributed by atoms with Gasteiger partial charge in [0.05, 0.1) is 4.90 Å². The van der Waals surface area contributed by atoms with E-state index in [2.05, 4.69) is 10.0 Å². The first kappa shape index (κ1) is 22.7. The van der Waals surface area contributed by atoms with Crippen LogP contribution in [0.5, 0.6) is 0 Å². The van der Waals surface area contributed by atoms with E-state index in [-0.39, 0.29) is 10.8 Å². The molecule has 0 aliphatic heterocycles. The van der Waals surface area contributed by atoms with Crippen molar-refractivity contribution >= 4 is 32.8 Å². The third-order valence-electron chi connectivity index (χ3n) is 4.43. The van der Waals surface area contributed by atoms with Crippen LogP contribution in [0.3, 0.4) is 0 Å². The van der Waals surface area contributed by atoms with Crippen molar-refractivity contribution in [3.8, 4) is 0 Å². The zero-order valence-corrected chi connectivity index (χ0v) is 18.2. The second-order valence-electron chi connectivity index (χ2n) is 7.99. The molecule has 0 fully saturated rings. The molecule has 0 heterocycles. The third kappa shape index (κ3) is 6.19. The minimum atomic E-state index is -4.10. The van der Waals surface area contributed by atoms with Gasteiger partial charge in [0, 0.05) is 0 Å². The highest BCUT2D eigenvalue weighted by Gasteiger charge is 2.31. The summed E-state index contributed by atoms with van der Waals surface area (Å²) in [5.41, 5.74) is -0.738. The van der Waals surface area contributed by atoms with Gasteiger partial charge in [-0.2, -0.15) is 0 Å². The molecule has 2 aromatic rings. The van der Waals surface area contributed by atoms with Crippen molar-refractivity contribution in [3.63, 3.8) is 0 Å². The monoisotopic (exact) mass is 420 g/mol. The average Bonchev–Trinajstić information content (AvgIpc) is 2.63. The number of sulfonamides is 1. The fourth-order valence-corrected chi connectivity index (χ4v) is 3.76. The Hall–Kier alpha value is -2.61. The molecule has 0 spiro atoms. The summed E-state index contributed by atoms with van der Waals surface area (Å²) < 4.78 is 32.8. The highest BCUT2D eigenvalue weighted by Crippen LogP contribution is 2.19. The van der Waals surface area contributed by atoms with E-state index in [0.717, 1.165) is 10.8 Å². The third-order valence-corrected chi connectivity index (χ3v) is 5.78. The Morgan fingerprint density at radius 3 is 2.28 bits per heavy atom. The Balaban J connectivity index is 2.22. The molecule has 7 nitrogen and oxygen atoms in total. The minimum Gasteiger partial charge on any atom is -0.444 e. The van der Waals surface area contributed by atoms with E-state index in [4.69, 9.17) is 4.74 Å². The van der Waals surface area contributed by atoms with Gasteiger partial charge in [0.25, 0.3) is 15.9 Å². The number of ether oxygens (including phenoxy) is 1. The zero-order valence-electron chi connectivity index (χ0n) is 17.4. The summed E-state index contributed by atoms with van der Waals surface area (Å²) in [6, 6.07) is 10.9. The molecule has 0 unspecified atom stereocenters. The summed E-state index contributed by atoms with van der Waals surface area (Å²) in [6.07, 6.45) is -0.217. The van der Waals surface area contributed by atoms with Crippen LogP contribution in [0.4, 0.5) is 4.79 Å². The SMILES string of the molecule is CC[C@H](C)[C@H](NC(=O)OC(C)(C)C)C(=O)NS(=O)(=O)c1ccc2ccccc2c1. The molecule has 0 aromatic heterocycles. The van der Waals surface area contributed by atoms with Gasteiger partial charge in [-0.15, -0.1) is 0 Å². The predicted octanol–water partition coefficient (Wildman–Crippen LogP) is 3.58. The molecule has 0 radical (unpaired) electrons. The Morgan fingerprint density at radius 1 is 1.07 bits per heavy atom. The molecule has 2 N–H and O–H groups in total. The number of alkyl carbamates (subject to hydrolysis) is 1. The van der Waals surface area contributed by atoms with Gasteiger partial charge in [0.1, 0.15) is 11.6 Å². The van der Waals surface area contributed by atoms with Crippen LogP contribution in [-0.2, 0) is 19.6 Å². The quantitative estimate of drug-likeness (QED) is 0.744. The Kier molecular flexibility index (Phi) is 6.89. The molecule has 29 heavy (non-hydrogen) atoms. The number of carbonyl (C=O) groups excluding carboxylic acids is 2. The summed E-state index contributed by atoms with van der Waals surface area (Å²) in [7, 11) is -4.10. The van der Waals surface area contributed by atoms with Gasteiger partial charge >= 0.3 is 6.09 Å². The van der Waals surface area contributed by atoms with Crippen molar-refractivity contribution in [2.24, 2.45) is 5.92 Å². The smallest absolute Gasteiger partial charge is 0.408 e. The number of fused-ring (bicyclic) bond motifs is 1. The van der Waals surface area contributed by atoms with E-state index in [1.807, 2.05) is 19.1 Å². The van der Waals surface area contributed by atoms with Crippen LogP contribution in [-0.4, -0.2) is 32.1 Å². The van der Waals surface area contributed by atoms with Gasteiger partial charge in [-0.05, 0) is 49.6 Å². The average molecular weight is 421 g/mol. The molecular weight excluding hydrogens is 392 g/mol. The summed E-state index contributed by atoms with van der Waals surface area (Å²) >= 11 is 0. The molecule has 2 rings (SSSR count). The van der Waals surface area contributed by atoms with Crippen molar-refractivity contribution in [2.75, 3.05) is 0 Å². The summed E-state index contributed by atoms with van der Waals surface area (Å²) in [4.78, 5) is 24.8. The molecule has 2 amide bonds. The van der Waals surface area contributed by atoms with Gasteiger partial charge in [-0.1, -0.05) is 50.6 Å². The van der Waals surface area contributed by atoms with Crippen LogP contribution in [0, 0.1) is 5.92 Å². The molecule has 2 atom stereocenters. The first-order chi connectivity index (χ1) is 13.4. The van der Waals surface area contributed by atoms with E-state index in [9.17, 15) is 18.0 Å². The molecule has 0 bridgehead atoms. The highest BCUT2D eigenvalue weighted by atomic mass is 32.2. The van der Waals surface area contributed by atoms with E-state index in [0.29, 0.717) is 6.42 Å². The summed E-state index contributed by atoms with van der Waals surface area (Å²) in [5.74, 6) is -1.10. The van der Waals surface area contributed by atoms with Crippen molar-refractivity contribution < 1.29 is 22.7 Å². The molecule has 8 heteroatoms. The number of rotatable bonds is 6. The lowest BCUT2D eigenvalue weighted by Crippen LogP contribution is -2.52. The lowest BCUT2D eigenvalue weighted by Gasteiger charge is -2.26. The zero-order chi connectivity index (χ0) is 21.8. The maximum absolute atomic E-state index is 12.7. The molecule has 0 aliphatic carbocycles. The van der Waals surface area contributed by atoms with Gasteiger partial charge in [-0.3, -0.25) is 4.79 Å². The van der Waals surface area contributed by atoms with Crippen LogP contribution < -0.4 is 10.0 Å². The van der Waals surface area contributed by atoms with Crippen LogP contribution in [0.25, 0.3) is 10.8 Å². The van der Waals surface area contributed by atoms with Crippen molar-refractivity contribution in [1.29, 1.82) is 0 Å². The first-order valence-electron chi connectivity index (χ1n) is 9.48. The van der Waals surface area contributed by atoms with Gasteiger partial charge in [0.15, 0.2) is 0 Å². The normalized spacial score (nSPS) is 14.1. The fourth-order valence-electron chi connectivity index (χ4n) is 2.73. The maximum Gasteiger partial charge on any atom is 0.408 e. The topological polar surface area (TPSA) is 102 Å². The van der Waals surface area contributed by atoms with Crippen molar-refractivity contribution in [3.05, 3.63) is 42.5 Å². The molecule has 158 valence electrons. The number of nitrogens with one attached hydrogen (secondary N) is 2. The molecule has 0 saturated heterocycles. The Morgan fingerprint density at radius 2 is 1.69 bits per heavy atom. The van der Waals surface area contributed by atoms with Crippen LogP contribution >= 0.6 is 0 Å². The number of benzene rings is 2. The van der Waals surface area contributed by atoms with Gasteiger partial charge in [-0.25, -0.2) is 17.9 Å². The standard InChI is InChI=1S/C21H28N2O5S/c1-6-14(2)18(22-20(25)28-21(3,4)5)19(24)23-29(26,27)17-12-11-15-9-7-8-10-16(15)13-17/h7-14,18H,6H2,1-5H3,(H,22,25)(H,23,24)/t14-,18-/m0/s1. The molecule has 2 aromatic carbocycles. The number of hydrogen-bond donors (Lipinski definition) is 2. The summed E-state index contributed by atoms with van der Waals surface area (Å²) in [6.45, 7) is 8.71. The largest absolute Gasteiger partial charge is 0.444 e. The van der Waals surface area contributed by atoms with Gasteiger partial charge < -0.3 is 10.1 Å². The van der Waals surface area contributed by atoms with Crippen molar-refractivity contribution in [2.45, 2.75) is 57.6 Å². The summed E-state index contributed by atoms with van der Waals surface area (Å²) in [5, 5.41) is 4.12. The predicted molar refractivity (Wildman–Crippen MR) is 112 cm³/mol. The first-order valence-corrected chi connectivity index (χ1v) is 11.0. The number of amides is 2. The van der Waals surface area contributed by atoms with Gasteiger partial charge in [0.2, 0.25) is 0 Å². The van der Waals surface area contributed by atoms with E-state index >= 15 is 0 Å². The molecular formula is C21H28N2O5S. The van der Waals surface area contributed by atoms with Crippen molar-refractivity contribution in [1.82, 2.24) is 10.0 Å². The molecule has 0 saturated carbocycles. The highest BCUT2D eigenvalue weighted by molar-refractivity contribution is 7.90.